The SMILES string of the molecule is COC(=O)[C@@H](Cc1ccc(F)cc1)NC(=O)C[C@@H](O)CNC(=O)OCc1ccccc1. The van der Waals surface area contributed by atoms with Crippen LogP contribution in [0.3, 0.4) is 0 Å². The Morgan fingerprint density at radius 2 is 1.71 bits per heavy atom. The van der Waals surface area contributed by atoms with Crippen LogP contribution < -0.4 is 10.6 Å². The number of aliphatic hydroxyl groups is 1. The molecule has 2 atom stereocenters. The van der Waals surface area contributed by atoms with E-state index in [0.29, 0.717) is 5.56 Å². The quantitative estimate of drug-likeness (QED) is 0.493. The van der Waals surface area contributed by atoms with Crippen molar-refractivity contribution >= 4 is 18.0 Å². The van der Waals surface area contributed by atoms with E-state index in [-0.39, 0.29) is 26.0 Å². The first-order valence-corrected chi connectivity index (χ1v) is 9.61. The van der Waals surface area contributed by atoms with Crippen molar-refractivity contribution in [1.29, 1.82) is 0 Å². The van der Waals surface area contributed by atoms with Gasteiger partial charge < -0.3 is 25.2 Å². The Morgan fingerprint density at radius 1 is 1.03 bits per heavy atom. The number of esters is 1. The second-order valence-electron chi connectivity index (χ2n) is 6.77. The average molecular weight is 432 g/mol. The topological polar surface area (TPSA) is 114 Å². The molecule has 0 unspecified atom stereocenters. The van der Waals surface area contributed by atoms with E-state index >= 15 is 0 Å². The highest BCUT2D eigenvalue weighted by Gasteiger charge is 2.23. The van der Waals surface area contributed by atoms with Crippen LogP contribution in [0.1, 0.15) is 17.5 Å². The summed E-state index contributed by atoms with van der Waals surface area (Å²) in [5.41, 5.74) is 1.44. The van der Waals surface area contributed by atoms with Crippen molar-refractivity contribution in [2.24, 2.45) is 0 Å². The van der Waals surface area contributed by atoms with Crippen LogP contribution >= 0.6 is 0 Å². The van der Waals surface area contributed by atoms with Crippen LogP contribution in [0, 0.1) is 5.82 Å². The van der Waals surface area contributed by atoms with Crippen molar-refractivity contribution in [3.05, 3.63) is 71.5 Å². The summed E-state index contributed by atoms with van der Waals surface area (Å²) in [5.74, 6) is -1.69. The molecule has 0 aliphatic heterocycles. The largest absolute Gasteiger partial charge is 0.467 e. The molecule has 3 N–H and O–H groups in total. The number of rotatable bonds is 10. The van der Waals surface area contributed by atoms with E-state index in [1.807, 2.05) is 18.2 Å². The van der Waals surface area contributed by atoms with Gasteiger partial charge in [0.25, 0.3) is 0 Å². The zero-order chi connectivity index (χ0) is 22.6. The Balaban J connectivity index is 1.76. The zero-order valence-electron chi connectivity index (χ0n) is 17.0. The number of carbonyl (C=O) groups excluding carboxylic acids is 3. The molecule has 0 aliphatic carbocycles. The molecule has 0 spiro atoms. The first kappa shape index (κ1) is 23.8. The Labute approximate surface area is 179 Å². The Morgan fingerprint density at radius 3 is 2.35 bits per heavy atom. The van der Waals surface area contributed by atoms with Gasteiger partial charge in [-0.15, -0.1) is 0 Å². The van der Waals surface area contributed by atoms with E-state index in [0.717, 1.165) is 5.56 Å². The second kappa shape index (κ2) is 12.3. The molecular formula is C22H25FN2O6. The fourth-order valence-electron chi connectivity index (χ4n) is 2.71. The number of hydrogen-bond donors (Lipinski definition) is 3. The second-order valence-corrected chi connectivity index (χ2v) is 6.77. The molecule has 2 aromatic carbocycles. The van der Waals surface area contributed by atoms with Gasteiger partial charge in [-0.1, -0.05) is 42.5 Å². The zero-order valence-corrected chi connectivity index (χ0v) is 17.0. The van der Waals surface area contributed by atoms with Gasteiger partial charge in [0.2, 0.25) is 5.91 Å². The number of amides is 2. The molecule has 0 bridgehead atoms. The first-order valence-electron chi connectivity index (χ1n) is 9.61. The predicted octanol–water partition coefficient (Wildman–Crippen LogP) is 1.70. The summed E-state index contributed by atoms with van der Waals surface area (Å²) in [4.78, 5) is 35.9. The monoisotopic (exact) mass is 432 g/mol. The molecule has 0 aromatic heterocycles. The summed E-state index contributed by atoms with van der Waals surface area (Å²) in [6.07, 6.45) is -2.17. The Bertz CT molecular complexity index is 860. The summed E-state index contributed by atoms with van der Waals surface area (Å²) >= 11 is 0. The molecule has 0 heterocycles. The first-order chi connectivity index (χ1) is 14.9. The third kappa shape index (κ3) is 8.83. The van der Waals surface area contributed by atoms with Crippen LogP contribution in [0.4, 0.5) is 9.18 Å². The Hall–Kier alpha value is -3.46. The van der Waals surface area contributed by atoms with Crippen LogP contribution in [0.2, 0.25) is 0 Å². The Kier molecular flexibility index (Phi) is 9.44. The number of alkyl carbamates (subject to hydrolysis) is 1. The number of halogens is 1. The molecule has 166 valence electrons. The number of nitrogens with one attached hydrogen (secondary N) is 2. The minimum absolute atomic E-state index is 0.0768. The van der Waals surface area contributed by atoms with E-state index in [9.17, 15) is 23.9 Å². The van der Waals surface area contributed by atoms with Gasteiger partial charge in [-0.2, -0.15) is 0 Å². The van der Waals surface area contributed by atoms with Gasteiger partial charge in [0.15, 0.2) is 0 Å². The van der Waals surface area contributed by atoms with Gasteiger partial charge in [-0.05, 0) is 23.3 Å². The molecule has 2 aromatic rings. The lowest BCUT2D eigenvalue weighted by atomic mass is 10.1. The molecule has 9 heteroatoms. The summed E-state index contributed by atoms with van der Waals surface area (Å²) in [7, 11) is 1.19. The van der Waals surface area contributed by atoms with E-state index < -0.39 is 35.9 Å². The van der Waals surface area contributed by atoms with Crippen LogP contribution in [-0.2, 0) is 32.1 Å². The molecule has 0 saturated carbocycles. The number of benzene rings is 2. The van der Waals surface area contributed by atoms with E-state index in [4.69, 9.17) is 9.47 Å². The highest BCUT2D eigenvalue weighted by Crippen LogP contribution is 2.08. The predicted molar refractivity (Wildman–Crippen MR) is 109 cm³/mol. The molecule has 0 radical (unpaired) electrons. The molecular weight excluding hydrogens is 407 g/mol. The maximum Gasteiger partial charge on any atom is 0.407 e. The third-order valence-corrected chi connectivity index (χ3v) is 4.29. The number of hydrogen-bond acceptors (Lipinski definition) is 6. The van der Waals surface area contributed by atoms with Crippen molar-refractivity contribution in [3.63, 3.8) is 0 Å². The molecule has 2 amide bonds. The average Bonchev–Trinajstić information content (AvgIpc) is 2.77. The maximum atomic E-state index is 13.0. The molecule has 2 rings (SSSR count). The van der Waals surface area contributed by atoms with Gasteiger partial charge in [0, 0.05) is 13.0 Å². The van der Waals surface area contributed by atoms with Gasteiger partial charge in [-0.25, -0.2) is 14.0 Å². The number of carbonyl (C=O) groups is 3. The van der Waals surface area contributed by atoms with Crippen molar-refractivity contribution in [3.8, 4) is 0 Å². The lowest BCUT2D eigenvalue weighted by molar-refractivity contribution is -0.145. The van der Waals surface area contributed by atoms with Crippen LogP contribution in [-0.4, -0.2) is 48.9 Å². The number of ether oxygens (including phenoxy) is 2. The van der Waals surface area contributed by atoms with Crippen LogP contribution in [0.25, 0.3) is 0 Å². The van der Waals surface area contributed by atoms with Crippen LogP contribution in [0.15, 0.2) is 54.6 Å². The van der Waals surface area contributed by atoms with Gasteiger partial charge in [0.1, 0.15) is 18.5 Å². The van der Waals surface area contributed by atoms with E-state index in [1.54, 1.807) is 12.1 Å². The highest BCUT2D eigenvalue weighted by atomic mass is 19.1. The molecule has 0 fully saturated rings. The smallest absolute Gasteiger partial charge is 0.407 e. The minimum atomic E-state index is -1.19. The van der Waals surface area contributed by atoms with Crippen molar-refractivity contribution in [2.75, 3.05) is 13.7 Å². The summed E-state index contributed by atoms with van der Waals surface area (Å²) in [6, 6.07) is 13.6. The van der Waals surface area contributed by atoms with Crippen molar-refractivity contribution in [1.82, 2.24) is 10.6 Å². The third-order valence-electron chi connectivity index (χ3n) is 4.29. The fourth-order valence-corrected chi connectivity index (χ4v) is 2.71. The lowest BCUT2D eigenvalue weighted by Gasteiger charge is -2.18. The fraction of sp³-hybridized carbons (Fsp3) is 0.318. The van der Waals surface area contributed by atoms with Crippen LogP contribution in [0.5, 0.6) is 0 Å². The summed E-state index contributed by atoms with van der Waals surface area (Å²) in [6.45, 7) is -0.130. The molecule has 0 saturated heterocycles. The molecule has 8 nitrogen and oxygen atoms in total. The molecule has 0 aliphatic rings. The van der Waals surface area contributed by atoms with Gasteiger partial charge in [0.05, 0.1) is 19.6 Å². The van der Waals surface area contributed by atoms with Crippen molar-refractivity contribution in [2.45, 2.75) is 31.6 Å². The van der Waals surface area contributed by atoms with Gasteiger partial charge in [-0.3, -0.25) is 4.79 Å². The lowest BCUT2D eigenvalue weighted by Crippen LogP contribution is -2.45. The highest BCUT2D eigenvalue weighted by molar-refractivity contribution is 5.84. The summed E-state index contributed by atoms with van der Waals surface area (Å²) in [5, 5.41) is 14.9. The summed E-state index contributed by atoms with van der Waals surface area (Å²) < 4.78 is 22.8. The minimum Gasteiger partial charge on any atom is -0.467 e. The van der Waals surface area contributed by atoms with E-state index in [1.165, 1.54) is 31.4 Å². The number of aliphatic hydroxyl groups excluding tert-OH is 1. The standard InChI is InChI=1S/C22H25FN2O6/c1-30-21(28)19(11-15-7-9-17(23)10-8-15)25-20(27)12-18(26)13-24-22(29)31-14-16-5-3-2-4-6-16/h2-10,18-19,26H,11-14H2,1H3,(H,24,29)(H,25,27)/t18-,19-/m1/s1. The normalized spacial score (nSPS) is 12.4. The maximum absolute atomic E-state index is 13.0. The number of methoxy groups -OCH3 is 1. The molecule has 31 heavy (non-hydrogen) atoms. The van der Waals surface area contributed by atoms with E-state index in [2.05, 4.69) is 10.6 Å². The van der Waals surface area contributed by atoms with Gasteiger partial charge >= 0.3 is 12.1 Å². The van der Waals surface area contributed by atoms with Crippen molar-refractivity contribution < 1.29 is 33.4 Å².